The number of aryl methyl sites for hydroxylation is 1. The SMILES string of the molecule is Cc1ccc(CON2CC[C@@H](O)C2)cc1. The van der Waals surface area contributed by atoms with E-state index in [2.05, 4.69) is 31.2 Å². The van der Waals surface area contributed by atoms with E-state index in [9.17, 15) is 5.11 Å². The van der Waals surface area contributed by atoms with Crippen molar-refractivity contribution in [2.45, 2.75) is 26.1 Å². The highest BCUT2D eigenvalue weighted by molar-refractivity contribution is 5.20. The van der Waals surface area contributed by atoms with Gasteiger partial charge < -0.3 is 5.11 Å². The minimum Gasteiger partial charge on any atom is -0.392 e. The van der Waals surface area contributed by atoms with Crippen LogP contribution in [0.1, 0.15) is 17.5 Å². The fourth-order valence-electron chi connectivity index (χ4n) is 1.68. The standard InChI is InChI=1S/C12H17NO2/c1-10-2-4-11(5-3-10)9-15-13-7-6-12(14)8-13/h2-5,12,14H,6-9H2,1H3/t12-/m1/s1. The molecule has 3 heteroatoms. The summed E-state index contributed by atoms with van der Waals surface area (Å²) >= 11 is 0. The average molecular weight is 207 g/mol. The number of hydroxylamine groups is 2. The molecule has 1 fully saturated rings. The van der Waals surface area contributed by atoms with Crippen LogP contribution in [0, 0.1) is 6.92 Å². The van der Waals surface area contributed by atoms with Gasteiger partial charge in [0.25, 0.3) is 0 Å². The van der Waals surface area contributed by atoms with Gasteiger partial charge >= 0.3 is 0 Å². The molecule has 2 rings (SSSR count). The Balaban J connectivity index is 1.80. The van der Waals surface area contributed by atoms with Crippen LogP contribution >= 0.6 is 0 Å². The molecule has 3 nitrogen and oxygen atoms in total. The lowest BCUT2D eigenvalue weighted by atomic mass is 10.2. The van der Waals surface area contributed by atoms with E-state index in [1.54, 1.807) is 0 Å². The number of aliphatic hydroxyl groups is 1. The lowest BCUT2D eigenvalue weighted by molar-refractivity contribution is -0.158. The van der Waals surface area contributed by atoms with Gasteiger partial charge in [-0.15, -0.1) is 0 Å². The summed E-state index contributed by atoms with van der Waals surface area (Å²) in [6.07, 6.45) is 0.594. The summed E-state index contributed by atoms with van der Waals surface area (Å²) < 4.78 is 0. The second-order valence-corrected chi connectivity index (χ2v) is 4.09. The van der Waals surface area contributed by atoms with E-state index in [1.807, 2.05) is 5.06 Å². The third kappa shape index (κ3) is 3.02. The maximum absolute atomic E-state index is 9.31. The molecule has 0 radical (unpaired) electrons. The molecular formula is C12H17NO2. The Labute approximate surface area is 90.2 Å². The smallest absolute Gasteiger partial charge is 0.0935 e. The third-order valence-electron chi connectivity index (χ3n) is 2.66. The monoisotopic (exact) mass is 207 g/mol. The Morgan fingerprint density at radius 1 is 1.40 bits per heavy atom. The van der Waals surface area contributed by atoms with Gasteiger partial charge in [0.1, 0.15) is 0 Å². The summed E-state index contributed by atoms with van der Waals surface area (Å²) in [7, 11) is 0. The van der Waals surface area contributed by atoms with Crippen molar-refractivity contribution in [3.8, 4) is 0 Å². The Hall–Kier alpha value is -0.900. The molecule has 0 amide bonds. The van der Waals surface area contributed by atoms with Crippen molar-refractivity contribution in [3.05, 3.63) is 35.4 Å². The highest BCUT2D eigenvalue weighted by Crippen LogP contribution is 2.11. The normalized spacial score (nSPS) is 22.1. The van der Waals surface area contributed by atoms with Crippen LogP contribution in [0.3, 0.4) is 0 Å². The Kier molecular flexibility index (Phi) is 3.36. The maximum atomic E-state index is 9.31. The van der Waals surface area contributed by atoms with Crippen molar-refractivity contribution in [1.29, 1.82) is 0 Å². The van der Waals surface area contributed by atoms with Crippen LogP contribution in [0.2, 0.25) is 0 Å². The minimum absolute atomic E-state index is 0.219. The van der Waals surface area contributed by atoms with Gasteiger partial charge in [-0.25, -0.2) is 0 Å². The zero-order valence-corrected chi connectivity index (χ0v) is 9.02. The van der Waals surface area contributed by atoms with Gasteiger partial charge in [0.2, 0.25) is 0 Å². The first-order valence-corrected chi connectivity index (χ1v) is 5.35. The first kappa shape index (κ1) is 10.6. The van der Waals surface area contributed by atoms with Gasteiger partial charge in [-0.1, -0.05) is 29.8 Å². The number of hydrogen-bond donors (Lipinski definition) is 1. The largest absolute Gasteiger partial charge is 0.392 e. The van der Waals surface area contributed by atoms with E-state index in [0.717, 1.165) is 13.0 Å². The van der Waals surface area contributed by atoms with Crippen LogP contribution in [0.4, 0.5) is 0 Å². The highest BCUT2D eigenvalue weighted by atomic mass is 16.7. The van der Waals surface area contributed by atoms with Crippen LogP contribution < -0.4 is 0 Å². The number of β-amino-alcohol motifs (C(OH)–C–C–N with tert-alkyl or cyclic N) is 1. The molecule has 0 unspecified atom stereocenters. The summed E-state index contributed by atoms with van der Waals surface area (Å²) in [5, 5.41) is 11.1. The van der Waals surface area contributed by atoms with Crippen LogP contribution in [-0.4, -0.2) is 29.4 Å². The fourth-order valence-corrected chi connectivity index (χ4v) is 1.68. The molecule has 0 aliphatic carbocycles. The van der Waals surface area contributed by atoms with Crippen molar-refractivity contribution in [3.63, 3.8) is 0 Å². The van der Waals surface area contributed by atoms with E-state index in [4.69, 9.17) is 4.84 Å². The zero-order valence-electron chi connectivity index (χ0n) is 9.02. The van der Waals surface area contributed by atoms with E-state index >= 15 is 0 Å². The lowest BCUT2D eigenvalue weighted by Gasteiger charge is -2.14. The molecule has 1 aliphatic heterocycles. The molecule has 0 aromatic heterocycles. The Morgan fingerprint density at radius 2 is 2.13 bits per heavy atom. The van der Waals surface area contributed by atoms with Crippen LogP contribution in [0.5, 0.6) is 0 Å². The number of nitrogens with zero attached hydrogens (tertiary/aromatic N) is 1. The van der Waals surface area contributed by atoms with Crippen molar-refractivity contribution in [1.82, 2.24) is 5.06 Å². The van der Waals surface area contributed by atoms with E-state index in [-0.39, 0.29) is 6.10 Å². The maximum Gasteiger partial charge on any atom is 0.0935 e. The summed E-state index contributed by atoms with van der Waals surface area (Å²) in [5.74, 6) is 0. The molecule has 15 heavy (non-hydrogen) atoms. The average Bonchev–Trinajstić information content (AvgIpc) is 2.64. The predicted octanol–water partition coefficient (Wildman–Crippen LogP) is 1.49. The number of hydrogen-bond acceptors (Lipinski definition) is 3. The quantitative estimate of drug-likeness (QED) is 0.815. The molecule has 1 aromatic rings. The van der Waals surface area contributed by atoms with Gasteiger partial charge in [0.05, 0.1) is 19.3 Å². The van der Waals surface area contributed by atoms with E-state index in [1.165, 1.54) is 11.1 Å². The molecule has 82 valence electrons. The molecule has 1 aliphatic rings. The number of aliphatic hydroxyl groups excluding tert-OH is 1. The first-order valence-electron chi connectivity index (χ1n) is 5.35. The third-order valence-corrected chi connectivity index (χ3v) is 2.66. The summed E-state index contributed by atoms with van der Waals surface area (Å²) in [6, 6.07) is 8.30. The minimum atomic E-state index is -0.219. The fraction of sp³-hybridized carbons (Fsp3) is 0.500. The lowest BCUT2D eigenvalue weighted by Crippen LogP contribution is -2.22. The molecule has 1 atom stereocenters. The van der Waals surface area contributed by atoms with E-state index in [0.29, 0.717) is 13.2 Å². The van der Waals surface area contributed by atoms with Gasteiger partial charge in [-0.2, -0.15) is 5.06 Å². The van der Waals surface area contributed by atoms with Crippen LogP contribution in [0.25, 0.3) is 0 Å². The Morgan fingerprint density at radius 3 is 2.73 bits per heavy atom. The number of rotatable bonds is 3. The molecule has 0 spiro atoms. The Bertz CT molecular complexity index is 310. The second kappa shape index (κ2) is 4.75. The summed E-state index contributed by atoms with van der Waals surface area (Å²) in [4.78, 5) is 5.57. The molecular weight excluding hydrogens is 190 g/mol. The second-order valence-electron chi connectivity index (χ2n) is 4.09. The molecule has 1 heterocycles. The number of benzene rings is 1. The van der Waals surface area contributed by atoms with Crippen molar-refractivity contribution in [2.75, 3.05) is 13.1 Å². The molecule has 1 N–H and O–H groups in total. The van der Waals surface area contributed by atoms with Crippen molar-refractivity contribution >= 4 is 0 Å². The van der Waals surface area contributed by atoms with Gasteiger partial charge in [0.15, 0.2) is 0 Å². The van der Waals surface area contributed by atoms with Gasteiger partial charge in [0, 0.05) is 6.54 Å². The molecule has 1 saturated heterocycles. The van der Waals surface area contributed by atoms with Crippen molar-refractivity contribution < 1.29 is 9.94 Å². The molecule has 0 saturated carbocycles. The van der Waals surface area contributed by atoms with Crippen molar-refractivity contribution in [2.24, 2.45) is 0 Å². The van der Waals surface area contributed by atoms with Crippen LogP contribution in [0.15, 0.2) is 24.3 Å². The summed E-state index contributed by atoms with van der Waals surface area (Å²) in [5.41, 5.74) is 2.43. The first-order chi connectivity index (χ1) is 7.24. The predicted molar refractivity (Wildman–Crippen MR) is 58.2 cm³/mol. The molecule has 0 bridgehead atoms. The topological polar surface area (TPSA) is 32.7 Å². The zero-order chi connectivity index (χ0) is 10.7. The van der Waals surface area contributed by atoms with Gasteiger partial charge in [-0.05, 0) is 18.9 Å². The summed E-state index contributed by atoms with van der Waals surface area (Å²) in [6.45, 7) is 4.12. The highest BCUT2D eigenvalue weighted by Gasteiger charge is 2.20. The molecule has 1 aromatic carbocycles. The van der Waals surface area contributed by atoms with E-state index < -0.39 is 0 Å². The van der Waals surface area contributed by atoms with Crippen LogP contribution in [-0.2, 0) is 11.4 Å². The van der Waals surface area contributed by atoms with Gasteiger partial charge in [-0.3, -0.25) is 4.84 Å².